The van der Waals surface area contributed by atoms with Crippen LogP contribution in [-0.4, -0.2) is 31.9 Å². The van der Waals surface area contributed by atoms with Crippen molar-refractivity contribution in [2.45, 2.75) is 12.5 Å². The van der Waals surface area contributed by atoms with Crippen LogP contribution in [0, 0.1) is 5.82 Å². The molecular weight excluding hydrogens is 337 g/mol. The minimum atomic E-state index is -3.06. The first kappa shape index (κ1) is 14.7. The second kappa shape index (κ2) is 5.23. The van der Waals surface area contributed by atoms with Crippen LogP contribution in [0.2, 0.25) is 5.02 Å². The van der Waals surface area contributed by atoms with Gasteiger partial charge in [-0.15, -0.1) is 11.3 Å². The zero-order chi connectivity index (χ0) is 15.2. The predicted octanol–water partition coefficient (Wildman–Crippen LogP) is 2.61. The van der Waals surface area contributed by atoms with E-state index in [4.69, 9.17) is 11.6 Å². The van der Waals surface area contributed by atoms with E-state index in [-0.39, 0.29) is 27.4 Å². The van der Waals surface area contributed by atoms with Gasteiger partial charge in [-0.3, -0.25) is 4.79 Å². The molecule has 1 aliphatic heterocycles. The van der Waals surface area contributed by atoms with Crippen molar-refractivity contribution in [3.63, 3.8) is 0 Å². The molecule has 112 valence electrons. The van der Waals surface area contributed by atoms with Crippen LogP contribution in [0.15, 0.2) is 18.2 Å². The number of rotatable bonds is 2. The molecule has 1 amide bonds. The largest absolute Gasteiger partial charge is 0.348 e. The maximum absolute atomic E-state index is 13.2. The van der Waals surface area contributed by atoms with Gasteiger partial charge in [-0.25, -0.2) is 12.8 Å². The van der Waals surface area contributed by atoms with Crippen LogP contribution in [-0.2, 0) is 9.84 Å². The number of carbonyl (C=O) groups excluding carboxylic acids is 1. The Hall–Kier alpha value is -1.18. The first-order valence-corrected chi connectivity index (χ1v) is 9.26. The highest BCUT2D eigenvalue weighted by Gasteiger charge is 2.30. The predicted molar refractivity (Wildman–Crippen MR) is 81.3 cm³/mol. The van der Waals surface area contributed by atoms with E-state index in [1.54, 1.807) is 0 Å². The third kappa shape index (κ3) is 2.90. The Kier molecular flexibility index (Phi) is 3.67. The van der Waals surface area contributed by atoms with Crippen molar-refractivity contribution in [2.75, 3.05) is 11.5 Å². The average molecular weight is 348 g/mol. The topological polar surface area (TPSA) is 63.2 Å². The molecule has 0 unspecified atom stereocenters. The Morgan fingerprint density at radius 3 is 2.86 bits per heavy atom. The maximum atomic E-state index is 13.2. The number of hydrogen-bond donors (Lipinski definition) is 1. The van der Waals surface area contributed by atoms with Gasteiger partial charge in [0.05, 0.1) is 16.5 Å². The number of amides is 1. The highest BCUT2D eigenvalue weighted by atomic mass is 35.5. The lowest BCUT2D eigenvalue weighted by Gasteiger charge is -2.09. The lowest BCUT2D eigenvalue weighted by Crippen LogP contribution is -2.35. The summed E-state index contributed by atoms with van der Waals surface area (Å²) in [6, 6.07) is 3.75. The first-order chi connectivity index (χ1) is 9.85. The van der Waals surface area contributed by atoms with Gasteiger partial charge in [0, 0.05) is 16.1 Å². The van der Waals surface area contributed by atoms with Crippen molar-refractivity contribution in [2.24, 2.45) is 0 Å². The number of hydrogen-bond acceptors (Lipinski definition) is 4. The smallest absolute Gasteiger partial charge is 0.263 e. The molecule has 21 heavy (non-hydrogen) atoms. The first-order valence-electron chi connectivity index (χ1n) is 6.24. The molecule has 1 atom stereocenters. The van der Waals surface area contributed by atoms with Gasteiger partial charge in [0.25, 0.3) is 5.91 Å². The summed E-state index contributed by atoms with van der Waals surface area (Å²) in [7, 11) is -3.06. The fourth-order valence-electron chi connectivity index (χ4n) is 2.34. The molecular formula is C13H11ClFNO3S2. The van der Waals surface area contributed by atoms with E-state index >= 15 is 0 Å². The normalized spacial score (nSPS) is 20.8. The lowest BCUT2D eigenvalue weighted by molar-refractivity contribution is 0.0945. The minimum Gasteiger partial charge on any atom is -0.348 e. The molecule has 0 radical (unpaired) electrons. The van der Waals surface area contributed by atoms with Crippen molar-refractivity contribution in [3.8, 4) is 0 Å². The molecule has 2 aromatic rings. The van der Waals surface area contributed by atoms with Crippen molar-refractivity contribution in [1.82, 2.24) is 5.32 Å². The van der Waals surface area contributed by atoms with Gasteiger partial charge < -0.3 is 5.32 Å². The van der Waals surface area contributed by atoms with Gasteiger partial charge in [-0.1, -0.05) is 11.6 Å². The van der Waals surface area contributed by atoms with Gasteiger partial charge in [-0.2, -0.15) is 0 Å². The molecule has 3 rings (SSSR count). The van der Waals surface area contributed by atoms with E-state index in [1.165, 1.54) is 18.2 Å². The summed E-state index contributed by atoms with van der Waals surface area (Å²) in [4.78, 5) is 12.5. The van der Waals surface area contributed by atoms with E-state index in [9.17, 15) is 17.6 Å². The van der Waals surface area contributed by atoms with Crippen LogP contribution in [0.3, 0.4) is 0 Å². The van der Waals surface area contributed by atoms with Gasteiger partial charge >= 0.3 is 0 Å². The number of sulfone groups is 1. The molecule has 0 saturated carbocycles. The zero-order valence-corrected chi connectivity index (χ0v) is 13.1. The summed E-state index contributed by atoms with van der Waals surface area (Å²) in [5, 5.41) is 3.57. The standard InChI is InChI=1S/C13H11ClFNO3S2/c14-11-9-2-1-7(15)5-10(9)20-12(11)13(17)16-8-3-4-21(18,19)6-8/h1-2,5,8H,3-4,6H2,(H,16,17)/t8-/m1/s1. The van der Waals surface area contributed by atoms with Gasteiger partial charge in [0.2, 0.25) is 0 Å². The number of benzene rings is 1. The van der Waals surface area contributed by atoms with Crippen LogP contribution in [0.4, 0.5) is 4.39 Å². The fourth-order valence-corrected chi connectivity index (χ4v) is 5.46. The van der Waals surface area contributed by atoms with Gasteiger partial charge in [-0.05, 0) is 24.6 Å². The van der Waals surface area contributed by atoms with Crippen LogP contribution in [0.5, 0.6) is 0 Å². The molecule has 8 heteroatoms. The van der Waals surface area contributed by atoms with E-state index < -0.39 is 21.6 Å². The molecule has 0 bridgehead atoms. The van der Waals surface area contributed by atoms with E-state index in [0.29, 0.717) is 16.5 Å². The fraction of sp³-hybridized carbons (Fsp3) is 0.308. The van der Waals surface area contributed by atoms with Crippen molar-refractivity contribution >= 4 is 48.8 Å². The Bertz CT molecular complexity index is 831. The second-order valence-corrected chi connectivity index (χ2v) is 8.62. The summed E-state index contributed by atoms with van der Waals surface area (Å²) >= 11 is 7.25. The SMILES string of the molecule is O=C(N[C@@H]1CCS(=O)(=O)C1)c1sc2cc(F)ccc2c1Cl. The van der Waals surface area contributed by atoms with E-state index in [1.807, 2.05) is 0 Å². The molecule has 1 fully saturated rings. The Morgan fingerprint density at radius 1 is 1.43 bits per heavy atom. The molecule has 0 spiro atoms. The van der Waals surface area contributed by atoms with Crippen molar-refractivity contribution in [3.05, 3.63) is 33.9 Å². The molecule has 2 heterocycles. The van der Waals surface area contributed by atoms with E-state index in [0.717, 1.165) is 11.3 Å². The average Bonchev–Trinajstić information content (AvgIpc) is 2.90. The Balaban J connectivity index is 1.87. The number of halogens is 2. The summed E-state index contributed by atoms with van der Waals surface area (Å²) in [6.07, 6.45) is 0.408. The molecule has 1 aromatic heterocycles. The number of thiophene rings is 1. The highest BCUT2D eigenvalue weighted by Crippen LogP contribution is 2.35. The Labute approximate surface area is 129 Å². The van der Waals surface area contributed by atoms with Gasteiger partial charge in [0.15, 0.2) is 9.84 Å². The molecule has 1 aliphatic rings. The van der Waals surface area contributed by atoms with Gasteiger partial charge in [0.1, 0.15) is 10.7 Å². The lowest BCUT2D eigenvalue weighted by atomic mass is 10.2. The van der Waals surface area contributed by atoms with Crippen molar-refractivity contribution in [1.29, 1.82) is 0 Å². The second-order valence-electron chi connectivity index (χ2n) is 4.96. The summed E-state index contributed by atoms with van der Waals surface area (Å²) < 4.78 is 36.6. The highest BCUT2D eigenvalue weighted by molar-refractivity contribution is 7.91. The number of carbonyl (C=O) groups is 1. The number of fused-ring (bicyclic) bond motifs is 1. The van der Waals surface area contributed by atoms with Crippen LogP contribution >= 0.6 is 22.9 Å². The number of nitrogens with one attached hydrogen (secondary N) is 1. The van der Waals surface area contributed by atoms with Crippen LogP contribution < -0.4 is 5.32 Å². The molecule has 0 aliphatic carbocycles. The zero-order valence-electron chi connectivity index (χ0n) is 10.7. The quantitative estimate of drug-likeness (QED) is 0.908. The Morgan fingerprint density at radius 2 is 2.19 bits per heavy atom. The summed E-state index contributed by atoms with van der Waals surface area (Å²) in [5.74, 6) is -0.767. The maximum Gasteiger partial charge on any atom is 0.263 e. The minimum absolute atomic E-state index is 0.0458. The molecule has 1 aromatic carbocycles. The monoisotopic (exact) mass is 347 g/mol. The van der Waals surface area contributed by atoms with Crippen LogP contribution in [0.25, 0.3) is 10.1 Å². The summed E-state index contributed by atoms with van der Waals surface area (Å²) in [5.41, 5.74) is 0. The molecule has 1 saturated heterocycles. The molecule has 1 N–H and O–H groups in total. The summed E-state index contributed by atoms with van der Waals surface area (Å²) in [6.45, 7) is 0. The van der Waals surface area contributed by atoms with Crippen LogP contribution in [0.1, 0.15) is 16.1 Å². The third-order valence-electron chi connectivity index (χ3n) is 3.37. The van der Waals surface area contributed by atoms with E-state index in [2.05, 4.69) is 5.32 Å². The van der Waals surface area contributed by atoms with Crippen molar-refractivity contribution < 1.29 is 17.6 Å². The third-order valence-corrected chi connectivity index (χ3v) is 6.79. The molecule has 4 nitrogen and oxygen atoms in total.